The zero-order chi connectivity index (χ0) is 17.2. The van der Waals surface area contributed by atoms with Crippen LogP contribution in [-0.4, -0.2) is 69.6 Å². The molecule has 0 aromatic carbocycles. The topological polar surface area (TPSA) is 125 Å². The lowest BCUT2D eigenvalue weighted by molar-refractivity contribution is -0.131. The van der Waals surface area contributed by atoms with Crippen LogP contribution in [0.15, 0.2) is 0 Å². The Morgan fingerprint density at radius 2 is 2.00 bits per heavy atom. The van der Waals surface area contributed by atoms with E-state index < -0.39 is 24.1 Å². The van der Waals surface area contributed by atoms with E-state index in [2.05, 4.69) is 10.6 Å². The third kappa shape index (κ3) is 4.15. The van der Waals surface area contributed by atoms with Crippen LogP contribution in [0.5, 0.6) is 0 Å². The molecule has 2 heterocycles. The summed E-state index contributed by atoms with van der Waals surface area (Å²) < 4.78 is 0. The van der Waals surface area contributed by atoms with Crippen molar-refractivity contribution in [2.45, 2.75) is 49.7 Å². The molecule has 0 aromatic rings. The molecule has 2 aliphatic rings. The Morgan fingerprint density at radius 1 is 1.39 bits per heavy atom. The monoisotopic (exact) mass is 344 g/mol. The zero-order valence-corrected chi connectivity index (χ0v) is 14.2. The summed E-state index contributed by atoms with van der Waals surface area (Å²) in [6.07, 6.45) is 0.506. The molecule has 8 nitrogen and oxygen atoms in total. The lowest BCUT2D eigenvalue weighted by Crippen LogP contribution is -2.58. The fourth-order valence-electron chi connectivity index (χ4n) is 2.94. The van der Waals surface area contributed by atoms with Gasteiger partial charge in [0.25, 0.3) is 0 Å². The summed E-state index contributed by atoms with van der Waals surface area (Å²) in [5.41, 5.74) is 5.19. The number of hydrogen-bond donors (Lipinski definition) is 4. The highest BCUT2D eigenvalue weighted by molar-refractivity contribution is 8.01. The molecule has 3 atom stereocenters. The molecule has 2 fully saturated rings. The summed E-state index contributed by atoms with van der Waals surface area (Å²) in [6, 6.07) is -1.53. The molecule has 130 valence electrons. The second kappa shape index (κ2) is 7.06. The molecular weight excluding hydrogens is 320 g/mol. The summed E-state index contributed by atoms with van der Waals surface area (Å²) >= 11 is 1.67. The van der Waals surface area contributed by atoms with Crippen LogP contribution in [0.4, 0.5) is 0 Å². The van der Waals surface area contributed by atoms with Crippen molar-refractivity contribution in [3.63, 3.8) is 0 Å². The highest BCUT2D eigenvalue weighted by atomic mass is 32.2. The van der Waals surface area contributed by atoms with Gasteiger partial charge in [-0.2, -0.15) is 0 Å². The van der Waals surface area contributed by atoms with Gasteiger partial charge in [0.05, 0.1) is 17.0 Å². The molecule has 5 N–H and O–H groups in total. The van der Waals surface area contributed by atoms with Crippen LogP contribution in [0.25, 0.3) is 0 Å². The van der Waals surface area contributed by atoms with Gasteiger partial charge >= 0.3 is 0 Å². The van der Waals surface area contributed by atoms with E-state index in [0.717, 1.165) is 12.8 Å². The molecule has 23 heavy (non-hydrogen) atoms. The number of hydrogen-bond acceptors (Lipinski definition) is 6. The van der Waals surface area contributed by atoms with Gasteiger partial charge in [0.15, 0.2) is 0 Å². The number of carbonyl (C=O) groups is 3. The minimum atomic E-state index is -1.09. The molecule has 2 rings (SSSR count). The van der Waals surface area contributed by atoms with Gasteiger partial charge in [0, 0.05) is 25.8 Å². The summed E-state index contributed by atoms with van der Waals surface area (Å²) in [5, 5.41) is 15.3. The van der Waals surface area contributed by atoms with Gasteiger partial charge in [-0.1, -0.05) is 0 Å². The summed E-state index contributed by atoms with van der Waals surface area (Å²) in [6.45, 7) is 4.30. The molecular formula is C14H24N4O4S. The first-order chi connectivity index (χ1) is 10.7. The fourth-order valence-corrected chi connectivity index (χ4v) is 4.36. The number of likely N-dealkylation sites (tertiary alicyclic amines) is 1. The largest absolute Gasteiger partial charge is 0.391 e. The van der Waals surface area contributed by atoms with E-state index >= 15 is 0 Å². The number of amides is 3. The van der Waals surface area contributed by atoms with Gasteiger partial charge in [-0.15, -0.1) is 11.8 Å². The molecule has 9 heteroatoms. The number of aliphatic hydroxyl groups excluding tert-OH is 1. The van der Waals surface area contributed by atoms with Crippen molar-refractivity contribution in [1.82, 2.24) is 15.5 Å². The Labute approximate surface area is 139 Å². The maximum atomic E-state index is 12.3. The molecule has 2 saturated heterocycles. The van der Waals surface area contributed by atoms with Crippen LogP contribution >= 0.6 is 11.8 Å². The average molecular weight is 344 g/mol. The number of nitrogens with zero attached hydrogens (tertiary/aromatic N) is 1. The second-order valence-electron chi connectivity index (χ2n) is 6.14. The summed E-state index contributed by atoms with van der Waals surface area (Å²) in [5.74, 6) is -0.452. The van der Waals surface area contributed by atoms with Gasteiger partial charge in [-0.05, 0) is 19.8 Å². The zero-order valence-electron chi connectivity index (χ0n) is 13.4. The predicted octanol–water partition coefficient (Wildman–Crippen LogP) is -1.62. The number of thioether (sulfide) groups is 1. The average Bonchev–Trinajstić information content (AvgIpc) is 2.88. The van der Waals surface area contributed by atoms with E-state index in [9.17, 15) is 19.5 Å². The fraction of sp³-hybridized carbons (Fsp3) is 0.786. The minimum Gasteiger partial charge on any atom is -0.391 e. The first-order valence-electron chi connectivity index (χ1n) is 7.69. The van der Waals surface area contributed by atoms with Crippen molar-refractivity contribution in [3.8, 4) is 0 Å². The van der Waals surface area contributed by atoms with Gasteiger partial charge in [-0.25, -0.2) is 0 Å². The number of nitrogens with two attached hydrogens (primary N) is 1. The van der Waals surface area contributed by atoms with E-state index in [-0.39, 0.29) is 16.7 Å². The Bertz CT molecular complexity index is 491. The number of piperidine rings is 1. The van der Waals surface area contributed by atoms with Gasteiger partial charge < -0.3 is 21.1 Å². The molecule has 1 spiro atoms. The number of primary amides is 1. The molecule has 0 unspecified atom stereocenters. The smallest absolute Gasteiger partial charge is 0.242 e. The Hall–Kier alpha value is -1.32. The summed E-state index contributed by atoms with van der Waals surface area (Å²) in [7, 11) is 0. The molecule has 0 bridgehead atoms. The van der Waals surface area contributed by atoms with E-state index in [0.29, 0.717) is 18.8 Å². The Morgan fingerprint density at radius 3 is 2.48 bits per heavy atom. The van der Waals surface area contributed by atoms with E-state index in [1.165, 1.54) is 6.92 Å². The highest BCUT2D eigenvalue weighted by Gasteiger charge is 2.44. The van der Waals surface area contributed by atoms with Gasteiger partial charge in [-0.3, -0.25) is 19.7 Å². The third-order valence-electron chi connectivity index (χ3n) is 4.38. The quantitative estimate of drug-likeness (QED) is 0.486. The number of aliphatic hydroxyl groups is 1. The van der Waals surface area contributed by atoms with E-state index in [1.807, 2.05) is 0 Å². The Kier molecular flexibility index (Phi) is 5.53. The third-order valence-corrected chi connectivity index (χ3v) is 5.96. The molecule has 0 radical (unpaired) electrons. The van der Waals surface area contributed by atoms with Crippen molar-refractivity contribution in [1.29, 1.82) is 0 Å². The van der Waals surface area contributed by atoms with E-state index in [4.69, 9.17) is 5.73 Å². The van der Waals surface area contributed by atoms with Crippen LogP contribution in [0, 0.1) is 0 Å². The van der Waals surface area contributed by atoms with Crippen molar-refractivity contribution >= 4 is 29.5 Å². The van der Waals surface area contributed by atoms with Gasteiger partial charge in [0.1, 0.15) is 6.04 Å². The molecule has 0 saturated carbocycles. The van der Waals surface area contributed by atoms with Crippen molar-refractivity contribution in [2.75, 3.05) is 18.8 Å². The molecule has 0 aromatic heterocycles. The highest BCUT2D eigenvalue weighted by Crippen LogP contribution is 2.39. The van der Waals surface area contributed by atoms with Crippen molar-refractivity contribution < 1.29 is 19.5 Å². The predicted molar refractivity (Wildman–Crippen MR) is 86.4 cm³/mol. The van der Waals surface area contributed by atoms with Crippen molar-refractivity contribution in [3.05, 3.63) is 0 Å². The van der Waals surface area contributed by atoms with Crippen LogP contribution in [0.2, 0.25) is 0 Å². The van der Waals surface area contributed by atoms with Crippen LogP contribution in [-0.2, 0) is 14.4 Å². The van der Waals surface area contributed by atoms with Gasteiger partial charge in [0.2, 0.25) is 17.7 Å². The first kappa shape index (κ1) is 18.0. The van der Waals surface area contributed by atoms with E-state index in [1.54, 1.807) is 23.6 Å². The standard InChI is InChI=1S/C14H24N4O4S/c1-8(19)11(12(15)21)16-13(22)10-7-23-14(17-10)3-5-18(6-4-14)9(2)20/h8,10-11,17,19H,3-7H2,1-2H3,(H2,15,21)(H,16,22)/t8-,10+,11+/m1/s1. The lowest BCUT2D eigenvalue weighted by atomic mass is 10.0. The van der Waals surface area contributed by atoms with Crippen LogP contribution < -0.4 is 16.4 Å². The number of nitrogens with one attached hydrogen (secondary N) is 2. The minimum absolute atomic E-state index is 0.0679. The maximum absolute atomic E-state index is 12.3. The van der Waals surface area contributed by atoms with Crippen molar-refractivity contribution in [2.24, 2.45) is 5.73 Å². The van der Waals surface area contributed by atoms with Crippen LogP contribution in [0.3, 0.4) is 0 Å². The summed E-state index contributed by atoms with van der Waals surface area (Å²) in [4.78, 5) is 36.6. The maximum Gasteiger partial charge on any atom is 0.242 e. The lowest BCUT2D eigenvalue weighted by Gasteiger charge is -2.38. The van der Waals surface area contributed by atoms with Crippen LogP contribution in [0.1, 0.15) is 26.7 Å². The molecule has 2 aliphatic heterocycles. The molecule has 0 aliphatic carbocycles. The Balaban J connectivity index is 1.91. The SMILES string of the molecule is CC(=O)N1CCC2(CC1)N[C@H](C(=O)N[C@H](C(N)=O)[C@@H](C)O)CS2. The normalized spacial score (nSPS) is 25.9. The first-order valence-corrected chi connectivity index (χ1v) is 8.67. The molecule has 3 amide bonds. The number of rotatable bonds is 4. The second-order valence-corrected chi connectivity index (χ2v) is 7.54. The number of carbonyl (C=O) groups excluding carboxylic acids is 3.